The molecule has 0 aliphatic heterocycles. The fraction of sp³-hybridized carbons (Fsp3) is 0.583. The molecule has 0 saturated heterocycles. The fourth-order valence-electron chi connectivity index (χ4n) is 1.83. The number of aliphatic hydroxyl groups is 1. The molecule has 8 heteroatoms. The maximum atomic E-state index is 12.6. The van der Waals surface area contributed by atoms with Crippen molar-refractivity contribution in [2.75, 3.05) is 19.7 Å². The van der Waals surface area contributed by atoms with Gasteiger partial charge in [0, 0.05) is 13.1 Å². The van der Waals surface area contributed by atoms with E-state index in [2.05, 4.69) is 0 Å². The van der Waals surface area contributed by atoms with E-state index in [1.165, 1.54) is 5.38 Å². The van der Waals surface area contributed by atoms with Crippen LogP contribution >= 0.6 is 11.3 Å². The number of aromatic carboxylic acids is 1. The first kappa shape index (κ1) is 17.1. The summed E-state index contributed by atoms with van der Waals surface area (Å²) in [4.78, 5) is 10.8. The minimum Gasteiger partial charge on any atom is -0.477 e. The molecule has 20 heavy (non-hydrogen) atoms. The molecular weight excluding hydrogens is 302 g/mol. The van der Waals surface area contributed by atoms with Gasteiger partial charge in [0.25, 0.3) is 0 Å². The van der Waals surface area contributed by atoms with E-state index < -0.39 is 16.0 Å². The Morgan fingerprint density at radius 1 is 1.40 bits per heavy atom. The van der Waals surface area contributed by atoms with Gasteiger partial charge in [0.2, 0.25) is 10.0 Å². The van der Waals surface area contributed by atoms with Crippen LogP contribution in [0.1, 0.15) is 35.0 Å². The molecule has 0 aliphatic carbocycles. The van der Waals surface area contributed by atoms with Crippen molar-refractivity contribution in [2.24, 2.45) is 0 Å². The lowest BCUT2D eigenvalue weighted by Crippen LogP contribution is -2.35. The standard InChI is InChI=1S/C12H19NO5S2/c1-3-4-5-13(6-7-14)20(17,18)11-9(2)8-19-10(11)12(15)16/h8,14H,3-7H2,1-2H3,(H,15,16). The lowest BCUT2D eigenvalue weighted by atomic mass is 10.3. The van der Waals surface area contributed by atoms with Gasteiger partial charge < -0.3 is 10.2 Å². The quantitative estimate of drug-likeness (QED) is 0.757. The lowest BCUT2D eigenvalue weighted by molar-refractivity contribution is 0.0698. The van der Waals surface area contributed by atoms with Gasteiger partial charge in [-0.25, -0.2) is 13.2 Å². The number of carbonyl (C=O) groups is 1. The molecule has 0 spiro atoms. The number of carboxylic acid groups (broad SMARTS) is 1. The minimum atomic E-state index is -3.90. The Morgan fingerprint density at radius 2 is 2.05 bits per heavy atom. The highest BCUT2D eigenvalue weighted by atomic mass is 32.2. The summed E-state index contributed by atoms with van der Waals surface area (Å²) in [6, 6.07) is 0. The van der Waals surface area contributed by atoms with Gasteiger partial charge in [0.15, 0.2) is 0 Å². The Balaban J connectivity index is 3.25. The van der Waals surface area contributed by atoms with E-state index in [1.807, 2.05) is 6.92 Å². The molecule has 6 nitrogen and oxygen atoms in total. The molecule has 1 aromatic rings. The van der Waals surface area contributed by atoms with Crippen LogP contribution in [0.15, 0.2) is 10.3 Å². The number of rotatable bonds is 8. The second-order valence-electron chi connectivity index (χ2n) is 4.36. The first-order valence-corrected chi connectivity index (χ1v) is 8.60. The van der Waals surface area contributed by atoms with Gasteiger partial charge >= 0.3 is 5.97 Å². The predicted molar refractivity (Wildman–Crippen MR) is 76.8 cm³/mol. The van der Waals surface area contributed by atoms with Crippen molar-refractivity contribution in [3.8, 4) is 0 Å². The molecule has 1 rings (SSSR count). The second kappa shape index (κ2) is 7.16. The zero-order valence-corrected chi connectivity index (χ0v) is 13.1. The fourth-order valence-corrected chi connectivity index (χ4v) is 4.88. The van der Waals surface area contributed by atoms with Gasteiger partial charge in [-0.2, -0.15) is 4.31 Å². The molecule has 0 unspecified atom stereocenters. The maximum Gasteiger partial charge on any atom is 0.347 e. The number of hydrogen-bond acceptors (Lipinski definition) is 5. The third-order valence-corrected chi connectivity index (χ3v) is 6.12. The molecule has 1 aromatic heterocycles. The Labute approximate surface area is 122 Å². The van der Waals surface area contributed by atoms with Crippen LogP contribution in [-0.4, -0.2) is 48.6 Å². The summed E-state index contributed by atoms with van der Waals surface area (Å²) in [7, 11) is -3.90. The molecule has 0 bridgehead atoms. The SMILES string of the molecule is CCCCN(CCO)S(=O)(=O)c1c(C)csc1C(=O)O. The molecule has 0 aliphatic rings. The molecule has 0 saturated carbocycles. The van der Waals surface area contributed by atoms with Crippen molar-refractivity contribution < 1.29 is 23.4 Å². The molecule has 114 valence electrons. The average Bonchev–Trinajstić information content (AvgIpc) is 2.77. The van der Waals surface area contributed by atoms with Crippen LogP contribution in [-0.2, 0) is 10.0 Å². The van der Waals surface area contributed by atoms with Crippen LogP contribution in [0.25, 0.3) is 0 Å². The van der Waals surface area contributed by atoms with Crippen LogP contribution in [0.5, 0.6) is 0 Å². The van der Waals surface area contributed by atoms with E-state index in [0.717, 1.165) is 22.1 Å². The monoisotopic (exact) mass is 321 g/mol. The molecule has 0 fully saturated rings. The van der Waals surface area contributed by atoms with Crippen LogP contribution in [0.3, 0.4) is 0 Å². The van der Waals surface area contributed by atoms with Crippen LogP contribution in [0.4, 0.5) is 0 Å². The summed E-state index contributed by atoms with van der Waals surface area (Å²) < 4.78 is 26.3. The van der Waals surface area contributed by atoms with Crippen LogP contribution in [0, 0.1) is 6.92 Å². The highest BCUT2D eigenvalue weighted by Crippen LogP contribution is 2.29. The zero-order chi connectivity index (χ0) is 15.3. The van der Waals surface area contributed by atoms with Crippen molar-refractivity contribution in [3.63, 3.8) is 0 Å². The van der Waals surface area contributed by atoms with Gasteiger partial charge in [0.1, 0.15) is 9.77 Å². The Bertz CT molecular complexity index is 564. The number of hydrogen-bond donors (Lipinski definition) is 2. The van der Waals surface area contributed by atoms with Gasteiger partial charge in [-0.1, -0.05) is 13.3 Å². The van der Waals surface area contributed by atoms with Gasteiger partial charge in [-0.3, -0.25) is 0 Å². The summed E-state index contributed by atoms with van der Waals surface area (Å²) in [6.45, 7) is 3.45. The lowest BCUT2D eigenvalue weighted by Gasteiger charge is -2.21. The smallest absolute Gasteiger partial charge is 0.347 e. The number of sulfonamides is 1. The Kier molecular flexibility index (Phi) is 6.12. The van der Waals surface area contributed by atoms with E-state index in [1.54, 1.807) is 6.92 Å². The maximum absolute atomic E-state index is 12.6. The highest BCUT2D eigenvalue weighted by molar-refractivity contribution is 7.89. The second-order valence-corrected chi connectivity index (χ2v) is 7.12. The van der Waals surface area contributed by atoms with Gasteiger partial charge in [-0.05, 0) is 24.3 Å². The molecule has 0 aromatic carbocycles. The summed E-state index contributed by atoms with van der Waals surface area (Å²) in [5, 5.41) is 19.7. The molecule has 2 N–H and O–H groups in total. The molecular formula is C12H19NO5S2. The highest BCUT2D eigenvalue weighted by Gasteiger charge is 2.31. The van der Waals surface area contributed by atoms with E-state index in [9.17, 15) is 13.2 Å². The topological polar surface area (TPSA) is 94.9 Å². The number of nitrogens with zero attached hydrogens (tertiary/aromatic N) is 1. The summed E-state index contributed by atoms with van der Waals surface area (Å²) in [5.74, 6) is -1.25. The number of aliphatic hydroxyl groups excluding tert-OH is 1. The zero-order valence-electron chi connectivity index (χ0n) is 11.5. The number of aryl methyl sites for hydroxylation is 1. The Hall–Kier alpha value is -0.960. The third kappa shape index (κ3) is 3.57. The van der Waals surface area contributed by atoms with Crippen LogP contribution < -0.4 is 0 Å². The van der Waals surface area contributed by atoms with Crippen molar-refractivity contribution in [1.29, 1.82) is 0 Å². The van der Waals surface area contributed by atoms with E-state index >= 15 is 0 Å². The van der Waals surface area contributed by atoms with E-state index in [-0.39, 0.29) is 29.5 Å². The van der Waals surface area contributed by atoms with Crippen molar-refractivity contribution >= 4 is 27.3 Å². The molecule has 0 amide bonds. The van der Waals surface area contributed by atoms with E-state index in [0.29, 0.717) is 12.0 Å². The molecule has 0 atom stereocenters. The largest absolute Gasteiger partial charge is 0.477 e. The molecule has 1 heterocycles. The first-order chi connectivity index (χ1) is 9.36. The Morgan fingerprint density at radius 3 is 2.55 bits per heavy atom. The average molecular weight is 321 g/mol. The summed E-state index contributed by atoms with van der Waals surface area (Å²) >= 11 is 0.903. The number of thiophene rings is 1. The number of unbranched alkanes of at least 4 members (excludes halogenated alkanes) is 1. The first-order valence-electron chi connectivity index (χ1n) is 6.28. The summed E-state index contributed by atoms with van der Waals surface area (Å²) in [6.07, 6.45) is 1.47. The van der Waals surface area contributed by atoms with Gasteiger partial charge in [-0.15, -0.1) is 11.3 Å². The van der Waals surface area contributed by atoms with Crippen molar-refractivity contribution in [3.05, 3.63) is 15.8 Å². The minimum absolute atomic E-state index is 0.0311. The van der Waals surface area contributed by atoms with E-state index in [4.69, 9.17) is 10.2 Å². The summed E-state index contributed by atoms with van der Waals surface area (Å²) in [5.41, 5.74) is 0.423. The van der Waals surface area contributed by atoms with Crippen LogP contribution in [0.2, 0.25) is 0 Å². The third-order valence-electron chi connectivity index (χ3n) is 2.82. The number of carboxylic acids is 1. The molecule has 0 radical (unpaired) electrons. The predicted octanol–water partition coefficient (Wildman–Crippen LogP) is 1.54. The normalized spacial score (nSPS) is 12.0. The van der Waals surface area contributed by atoms with Crippen molar-refractivity contribution in [2.45, 2.75) is 31.6 Å². The van der Waals surface area contributed by atoms with Crippen molar-refractivity contribution in [1.82, 2.24) is 4.31 Å². The van der Waals surface area contributed by atoms with Gasteiger partial charge in [0.05, 0.1) is 6.61 Å².